The largest absolute Gasteiger partial charge is 0.322 e. The summed E-state index contributed by atoms with van der Waals surface area (Å²) in [6, 6.07) is 13.2. The topological polar surface area (TPSA) is 45.2 Å². The first-order valence-electron chi connectivity index (χ1n) is 8.65. The first-order valence-corrected chi connectivity index (χ1v) is 9.90. The molecule has 1 N–H and O–H groups in total. The molecule has 2 aromatic carbocycles. The van der Waals surface area contributed by atoms with Crippen LogP contribution >= 0.6 is 22.9 Å². The Morgan fingerprint density at radius 3 is 2.85 bits per heavy atom. The van der Waals surface area contributed by atoms with Gasteiger partial charge < -0.3 is 10.2 Å². The van der Waals surface area contributed by atoms with Gasteiger partial charge in [0.2, 0.25) is 0 Å². The molecule has 0 bridgehead atoms. The molecule has 1 aliphatic heterocycles. The Hall–Kier alpha value is -2.44. The van der Waals surface area contributed by atoms with Gasteiger partial charge in [-0.15, -0.1) is 11.3 Å². The average Bonchev–Trinajstić information content (AvgIpc) is 3.31. The molecule has 0 spiro atoms. The van der Waals surface area contributed by atoms with Crippen LogP contribution in [0.3, 0.4) is 0 Å². The Morgan fingerprint density at radius 2 is 2.07 bits per heavy atom. The second-order valence-electron chi connectivity index (χ2n) is 6.37. The van der Waals surface area contributed by atoms with E-state index >= 15 is 0 Å². The normalized spacial score (nSPS) is 16.5. The zero-order chi connectivity index (χ0) is 18.8. The summed E-state index contributed by atoms with van der Waals surface area (Å²) in [6.45, 7) is 0.683. The highest BCUT2D eigenvalue weighted by Crippen LogP contribution is 2.36. The van der Waals surface area contributed by atoms with Crippen LogP contribution in [0.1, 0.15) is 23.9 Å². The number of likely N-dealkylation sites (tertiary alicyclic amines) is 1. The highest BCUT2D eigenvalue weighted by molar-refractivity contribution is 7.10. The van der Waals surface area contributed by atoms with Crippen LogP contribution in [0.15, 0.2) is 53.9 Å². The molecule has 0 radical (unpaired) electrons. The van der Waals surface area contributed by atoms with E-state index in [1.165, 1.54) is 23.5 Å². The fourth-order valence-electron chi connectivity index (χ4n) is 3.22. The van der Waals surface area contributed by atoms with Crippen molar-refractivity contribution >= 4 is 34.7 Å². The van der Waals surface area contributed by atoms with E-state index in [9.17, 15) is 9.18 Å². The number of carbonyl (C=O) groups excluding carboxylic acids is 1. The summed E-state index contributed by atoms with van der Waals surface area (Å²) in [6.07, 6.45) is 1.80. The second-order valence-corrected chi connectivity index (χ2v) is 7.70. The summed E-state index contributed by atoms with van der Waals surface area (Å²) in [5.41, 5.74) is 2.34. The van der Waals surface area contributed by atoms with Crippen LogP contribution in [0.5, 0.6) is 0 Å². The minimum absolute atomic E-state index is 0.0524. The van der Waals surface area contributed by atoms with Gasteiger partial charge in [0.15, 0.2) is 0 Å². The van der Waals surface area contributed by atoms with Gasteiger partial charge in [0, 0.05) is 28.2 Å². The molecule has 1 fully saturated rings. The number of carbonyl (C=O) groups is 1. The quantitative estimate of drug-likeness (QED) is 0.587. The van der Waals surface area contributed by atoms with Crippen LogP contribution in [0, 0.1) is 5.82 Å². The molecule has 4 rings (SSSR count). The molecular formula is C20H17ClFN3OS. The smallest absolute Gasteiger partial charge is 0.315 e. The number of nitrogens with zero attached hydrogens (tertiary/aromatic N) is 2. The summed E-state index contributed by atoms with van der Waals surface area (Å²) in [4.78, 5) is 19.2. The molecule has 27 heavy (non-hydrogen) atoms. The summed E-state index contributed by atoms with van der Waals surface area (Å²) >= 11 is 7.51. The summed E-state index contributed by atoms with van der Waals surface area (Å²) < 4.78 is 13.1. The summed E-state index contributed by atoms with van der Waals surface area (Å²) in [7, 11) is 0. The van der Waals surface area contributed by atoms with E-state index in [2.05, 4.69) is 5.32 Å². The number of nitrogens with one attached hydrogen (secondary N) is 1. The average molecular weight is 402 g/mol. The number of anilines is 1. The number of hydrogen-bond donors (Lipinski definition) is 1. The summed E-state index contributed by atoms with van der Waals surface area (Å²) in [5, 5.41) is 6.33. The fraction of sp³-hybridized carbons (Fsp3) is 0.200. The van der Waals surface area contributed by atoms with Gasteiger partial charge in [-0.3, -0.25) is 0 Å². The van der Waals surface area contributed by atoms with Gasteiger partial charge in [-0.2, -0.15) is 0 Å². The van der Waals surface area contributed by atoms with Gasteiger partial charge in [0.05, 0.1) is 11.7 Å². The van der Waals surface area contributed by atoms with E-state index in [-0.39, 0.29) is 17.9 Å². The zero-order valence-electron chi connectivity index (χ0n) is 14.4. The van der Waals surface area contributed by atoms with Crippen LogP contribution in [-0.4, -0.2) is 22.5 Å². The predicted octanol–water partition coefficient (Wildman–Crippen LogP) is 5.97. The minimum atomic E-state index is -0.270. The molecule has 0 saturated carbocycles. The number of thiazole rings is 1. The molecule has 2 heterocycles. The number of halogens is 2. The standard InChI is InChI=1S/C20H17ClFN3OS/c21-14-3-1-4-16(11-14)23-20(26)25-10-2-5-18(25)19-24-17(12-27-19)13-6-8-15(22)9-7-13/h1,3-4,6-9,11-12,18H,2,5,10H2,(H,23,26)/t18-/m0/s1. The number of aromatic nitrogens is 1. The Morgan fingerprint density at radius 1 is 1.26 bits per heavy atom. The van der Waals surface area contributed by atoms with Crippen molar-refractivity contribution in [3.05, 3.63) is 69.8 Å². The van der Waals surface area contributed by atoms with E-state index in [0.717, 1.165) is 29.1 Å². The molecule has 4 nitrogen and oxygen atoms in total. The lowest BCUT2D eigenvalue weighted by atomic mass is 10.2. The highest BCUT2D eigenvalue weighted by Gasteiger charge is 2.32. The van der Waals surface area contributed by atoms with Gasteiger partial charge >= 0.3 is 6.03 Å². The Balaban J connectivity index is 1.51. The van der Waals surface area contributed by atoms with Gasteiger partial charge in [-0.25, -0.2) is 14.2 Å². The van der Waals surface area contributed by atoms with Crippen LogP contribution in [-0.2, 0) is 0 Å². The third-order valence-corrected chi connectivity index (χ3v) is 5.72. The highest BCUT2D eigenvalue weighted by atomic mass is 35.5. The lowest BCUT2D eigenvalue weighted by Crippen LogP contribution is -2.34. The Kier molecular flexibility index (Phi) is 5.09. The van der Waals surface area contributed by atoms with E-state index in [4.69, 9.17) is 16.6 Å². The monoisotopic (exact) mass is 401 g/mol. The fourth-order valence-corrected chi connectivity index (χ4v) is 4.39. The minimum Gasteiger partial charge on any atom is -0.315 e. The summed E-state index contributed by atoms with van der Waals surface area (Å²) in [5.74, 6) is -0.270. The van der Waals surface area contributed by atoms with Crippen molar-refractivity contribution in [2.45, 2.75) is 18.9 Å². The van der Waals surface area contributed by atoms with Crippen LogP contribution in [0.25, 0.3) is 11.3 Å². The lowest BCUT2D eigenvalue weighted by molar-refractivity contribution is 0.207. The van der Waals surface area contributed by atoms with Crippen molar-refractivity contribution in [3.63, 3.8) is 0 Å². The molecule has 7 heteroatoms. The maximum atomic E-state index is 13.1. The van der Waals surface area contributed by atoms with Crippen molar-refractivity contribution in [1.82, 2.24) is 9.88 Å². The molecule has 3 aromatic rings. The Bertz CT molecular complexity index is 960. The van der Waals surface area contributed by atoms with Crippen molar-refractivity contribution in [3.8, 4) is 11.3 Å². The van der Waals surface area contributed by atoms with E-state index in [1.807, 2.05) is 16.3 Å². The van der Waals surface area contributed by atoms with Gasteiger partial charge in [-0.05, 0) is 55.3 Å². The van der Waals surface area contributed by atoms with E-state index in [0.29, 0.717) is 17.3 Å². The molecule has 2 amide bonds. The zero-order valence-corrected chi connectivity index (χ0v) is 15.9. The number of amides is 2. The van der Waals surface area contributed by atoms with Crippen molar-refractivity contribution in [1.29, 1.82) is 0 Å². The second kappa shape index (κ2) is 7.66. The third-order valence-electron chi connectivity index (χ3n) is 4.54. The van der Waals surface area contributed by atoms with Gasteiger partial charge in [0.25, 0.3) is 0 Å². The SMILES string of the molecule is O=C(Nc1cccc(Cl)c1)N1CCC[C@H]1c1nc(-c2ccc(F)cc2)cs1. The third kappa shape index (κ3) is 3.96. The van der Waals surface area contributed by atoms with Gasteiger partial charge in [0.1, 0.15) is 10.8 Å². The maximum Gasteiger partial charge on any atom is 0.322 e. The van der Waals surface area contributed by atoms with Crippen LogP contribution in [0.2, 0.25) is 5.02 Å². The molecule has 138 valence electrons. The molecular weight excluding hydrogens is 385 g/mol. The molecule has 0 aliphatic carbocycles. The molecule has 1 atom stereocenters. The van der Waals surface area contributed by atoms with Crippen molar-refractivity contribution < 1.29 is 9.18 Å². The van der Waals surface area contributed by atoms with Crippen molar-refractivity contribution in [2.24, 2.45) is 0 Å². The lowest BCUT2D eigenvalue weighted by Gasteiger charge is -2.23. The Labute approximate surface area is 165 Å². The van der Waals surface area contributed by atoms with E-state index < -0.39 is 0 Å². The first kappa shape index (κ1) is 17.9. The predicted molar refractivity (Wildman–Crippen MR) is 107 cm³/mol. The van der Waals surface area contributed by atoms with E-state index in [1.54, 1.807) is 30.3 Å². The molecule has 1 aromatic heterocycles. The molecule has 0 unspecified atom stereocenters. The first-order chi connectivity index (χ1) is 13.1. The number of hydrogen-bond acceptors (Lipinski definition) is 3. The molecule has 1 saturated heterocycles. The van der Waals surface area contributed by atoms with Crippen LogP contribution < -0.4 is 5.32 Å². The maximum absolute atomic E-state index is 13.1. The number of benzene rings is 2. The van der Waals surface area contributed by atoms with Gasteiger partial charge in [-0.1, -0.05) is 17.7 Å². The number of urea groups is 1. The van der Waals surface area contributed by atoms with Crippen LogP contribution in [0.4, 0.5) is 14.9 Å². The van der Waals surface area contributed by atoms with Crippen molar-refractivity contribution in [2.75, 3.05) is 11.9 Å². The number of rotatable bonds is 3. The molecule has 1 aliphatic rings.